The van der Waals surface area contributed by atoms with Crippen LogP contribution in [0.5, 0.6) is 5.75 Å². The summed E-state index contributed by atoms with van der Waals surface area (Å²) in [5.41, 5.74) is 0. The molecule has 1 aliphatic carbocycles. The highest BCUT2D eigenvalue weighted by atomic mass is 79.9. The molecule has 0 bridgehead atoms. The molecule has 8 heteroatoms. The van der Waals surface area contributed by atoms with Gasteiger partial charge in [0.15, 0.2) is 6.61 Å². The molecular formula is C13H15BrClNO4S. The predicted molar refractivity (Wildman–Crippen MR) is 83.1 cm³/mol. The third kappa shape index (κ3) is 4.34. The molecule has 1 aromatic carbocycles. The molecule has 0 saturated heterocycles. The summed E-state index contributed by atoms with van der Waals surface area (Å²) in [6.07, 6.45) is 2.03. The third-order valence-corrected chi connectivity index (χ3v) is 5.00. The molecule has 0 atom stereocenters. The topological polar surface area (TPSA) is 63.7 Å². The van der Waals surface area contributed by atoms with Crippen LogP contribution in [-0.2, 0) is 13.8 Å². The molecule has 0 heterocycles. The summed E-state index contributed by atoms with van der Waals surface area (Å²) >= 11 is 3.18. The number of benzene rings is 1. The number of amides is 1. The summed E-state index contributed by atoms with van der Waals surface area (Å²) in [5.74, 6) is -0.0748. The first-order valence-electron chi connectivity index (χ1n) is 6.49. The molecule has 1 amide bonds. The zero-order chi connectivity index (χ0) is 15.6. The number of halogens is 2. The Morgan fingerprint density at radius 2 is 2.14 bits per heavy atom. The molecule has 0 spiro atoms. The summed E-state index contributed by atoms with van der Waals surface area (Å²) in [5, 5.41) is 0. The number of likely N-dealkylation sites (N-methyl/N-ethyl adjacent to an activating group) is 1. The molecule has 0 N–H and O–H groups in total. The van der Waals surface area contributed by atoms with Gasteiger partial charge in [-0.15, -0.1) is 0 Å². The minimum Gasteiger partial charge on any atom is -0.482 e. The van der Waals surface area contributed by atoms with E-state index in [4.69, 9.17) is 15.4 Å². The van der Waals surface area contributed by atoms with E-state index >= 15 is 0 Å². The molecule has 2 rings (SSSR count). The maximum absolute atomic E-state index is 12.1. The Labute approximate surface area is 136 Å². The van der Waals surface area contributed by atoms with E-state index in [0.29, 0.717) is 17.1 Å². The van der Waals surface area contributed by atoms with Crippen molar-refractivity contribution < 1.29 is 17.9 Å². The molecule has 1 aromatic rings. The predicted octanol–water partition coefficient (Wildman–Crippen LogP) is 2.77. The van der Waals surface area contributed by atoms with Gasteiger partial charge < -0.3 is 9.64 Å². The normalized spacial score (nSPS) is 14.8. The number of rotatable bonds is 6. The monoisotopic (exact) mass is 395 g/mol. The quantitative estimate of drug-likeness (QED) is 0.694. The van der Waals surface area contributed by atoms with Gasteiger partial charge in [-0.25, -0.2) is 8.42 Å². The molecule has 0 aliphatic heterocycles. The lowest BCUT2D eigenvalue weighted by molar-refractivity contribution is -0.133. The SMILES string of the molecule is CCN(C(=O)COc1ccc(Br)cc1S(=O)(=O)Cl)C1CC1. The standard InChI is InChI=1S/C13H15BrClNO4S/c1-2-16(10-4-5-10)13(17)8-20-11-6-3-9(14)7-12(11)21(15,18)19/h3,6-7,10H,2,4-5,8H2,1H3. The lowest BCUT2D eigenvalue weighted by atomic mass is 10.3. The maximum Gasteiger partial charge on any atom is 0.265 e. The second-order valence-corrected chi connectivity index (χ2v) is 8.18. The molecule has 0 aromatic heterocycles. The van der Waals surface area contributed by atoms with Gasteiger partial charge in [-0.05, 0) is 38.0 Å². The second kappa shape index (κ2) is 6.54. The van der Waals surface area contributed by atoms with Crippen LogP contribution in [0.1, 0.15) is 19.8 Å². The average molecular weight is 397 g/mol. The van der Waals surface area contributed by atoms with Gasteiger partial charge >= 0.3 is 0 Å². The van der Waals surface area contributed by atoms with Crippen molar-refractivity contribution in [3.63, 3.8) is 0 Å². The van der Waals surface area contributed by atoms with E-state index in [-0.39, 0.29) is 23.2 Å². The highest BCUT2D eigenvalue weighted by molar-refractivity contribution is 9.10. The Morgan fingerprint density at radius 3 is 2.67 bits per heavy atom. The fourth-order valence-corrected chi connectivity index (χ4v) is 3.55. The summed E-state index contributed by atoms with van der Waals surface area (Å²) in [6, 6.07) is 4.75. The van der Waals surface area contributed by atoms with E-state index in [9.17, 15) is 13.2 Å². The molecule has 116 valence electrons. The zero-order valence-electron chi connectivity index (χ0n) is 11.4. The largest absolute Gasteiger partial charge is 0.482 e. The van der Waals surface area contributed by atoms with Crippen molar-refractivity contribution in [3.8, 4) is 5.75 Å². The number of hydrogen-bond donors (Lipinski definition) is 0. The van der Waals surface area contributed by atoms with Crippen molar-refractivity contribution in [1.29, 1.82) is 0 Å². The van der Waals surface area contributed by atoms with E-state index < -0.39 is 9.05 Å². The summed E-state index contributed by atoms with van der Waals surface area (Å²) in [4.78, 5) is 13.7. The highest BCUT2D eigenvalue weighted by Crippen LogP contribution is 2.30. The van der Waals surface area contributed by atoms with E-state index in [1.54, 1.807) is 11.0 Å². The van der Waals surface area contributed by atoms with Crippen LogP contribution in [-0.4, -0.2) is 38.4 Å². The minimum atomic E-state index is -3.94. The van der Waals surface area contributed by atoms with Crippen molar-refractivity contribution in [2.45, 2.75) is 30.7 Å². The van der Waals surface area contributed by atoms with Crippen molar-refractivity contribution in [2.75, 3.05) is 13.2 Å². The lowest BCUT2D eigenvalue weighted by Gasteiger charge is -2.20. The van der Waals surface area contributed by atoms with Gasteiger partial charge in [-0.2, -0.15) is 0 Å². The minimum absolute atomic E-state index is 0.0772. The third-order valence-electron chi connectivity index (χ3n) is 3.17. The van der Waals surface area contributed by atoms with Gasteiger partial charge in [-0.3, -0.25) is 4.79 Å². The van der Waals surface area contributed by atoms with Crippen LogP contribution in [0.4, 0.5) is 0 Å². The number of carbonyl (C=O) groups is 1. The van der Waals surface area contributed by atoms with Crippen LogP contribution in [0.25, 0.3) is 0 Å². The first kappa shape index (κ1) is 16.6. The van der Waals surface area contributed by atoms with E-state index in [0.717, 1.165) is 12.8 Å². The van der Waals surface area contributed by atoms with Crippen molar-refractivity contribution >= 4 is 41.6 Å². The van der Waals surface area contributed by atoms with Crippen LogP contribution in [0.3, 0.4) is 0 Å². The molecule has 0 unspecified atom stereocenters. The molecule has 1 aliphatic rings. The molecule has 5 nitrogen and oxygen atoms in total. The fraction of sp³-hybridized carbons (Fsp3) is 0.462. The van der Waals surface area contributed by atoms with Crippen LogP contribution in [0, 0.1) is 0 Å². The van der Waals surface area contributed by atoms with Crippen molar-refractivity contribution in [2.24, 2.45) is 0 Å². The van der Waals surface area contributed by atoms with E-state index in [1.165, 1.54) is 12.1 Å². The molecule has 21 heavy (non-hydrogen) atoms. The molecule has 0 radical (unpaired) electrons. The summed E-state index contributed by atoms with van der Waals surface area (Å²) in [7, 11) is 1.44. The van der Waals surface area contributed by atoms with Gasteiger partial charge in [0.1, 0.15) is 10.6 Å². The van der Waals surface area contributed by atoms with E-state index in [2.05, 4.69) is 15.9 Å². The van der Waals surface area contributed by atoms with Crippen LogP contribution in [0.15, 0.2) is 27.6 Å². The van der Waals surface area contributed by atoms with Crippen LogP contribution in [0.2, 0.25) is 0 Å². The first-order valence-corrected chi connectivity index (χ1v) is 9.59. The van der Waals surface area contributed by atoms with Gasteiger partial charge in [0.05, 0.1) is 0 Å². The van der Waals surface area contributed by atoms with Crippen LogP contribution < -0.4 is 4.74 Å². The Kier molecular flexibility index (Phi) is 5.16. The van der Waals surface area contributed by atoms with Crippen LogP contribution >= 0.6 is 26.6 Å². The summed E-state index contributed by atoms with van der Waals surface area (Å²) in [6.45, 7) is 2.32. The van der Waals surface area contributed by atoms with Gasteiger partial charge in [0.2, 0.25) is 0 Å². The Morgan fingerprint density at radius 1 is 1.48 bits per heavy atom. The maximum atomic E-state index is 12.1. The number of nitrogens with zero attached hydrogens (tertiary/aromatic N) is 1. The highest BCUT2D eigenvalue weighted by Gasteiger charge is 2.31. The Balaban J connectivity index is 2.11. The molecule has 1 fully saturated rings. The van der Waals surface area contributed by atoms with Gasteiger partial charge in [-0.1, -0.05) is 15.9 Å². The first-order chi connectivity index (χ1) is 9.82. The second-order valence-electron chi connectivity index (χ2n) is 4.73. The zero-order valence-corrected chi connectivity index (χ0v) is 14.5. The average Bonchev–Trinajstić information content (AvgIpc) is 3.21. The molecule has 1 saturated carbocycles. The van der Waals surface area contributed by atoms with Crippen molar-refractivity contribution in [1.82, 2.24) is 4.90 Å². The smallest absolute Gasteiger partial charge is 0.265 e. The molecular weight excluding hydrogens is 382 g/mol. The lowest BCUT2D eigenvalue weighted by Crippen LogP contribution is -2.36. The summed E-state index contributed by atoms with van der Waals surface area (Å²) < 4.78 is 29.0. The number of hydrogen-bond acceptors (Lipinski definition) is 4. The van der Waals surface area contributed by atoms with Crippen molar-refractivity contribution in [3.05, 3.63) is 22.7 Å². The number of carbonyl (C=O) groups excluding carboxylic acids is 1. The van der Waals surface area contributed by atoms with E-state index in [1.807, 2.05) is 6.92 Å². The Bertz CT molecular complexity index is 646. The fourth-order valence-electron chi connectivity index (χ4n) is 2.04. The Hall–Kier alpha value is -0.790. The number of ether oxygens (including phenoxy) is 1. The van der Waals surface area contributed by atoms with Gasteiger partial charge in [0.25, 0.3) is 15.0 Å². The van der Waals surface area contributed by atoms with Gasteiger partial charge in [0, 0.05) is 27.7 Å².